The Labute approximate surface area is 201 Å². The molecule has 1 fully saturated rings. The molecule has 2 N–H and O–H groups in total. The fourth-order valence-electron chi connectivity index (χ4n) is 3.68. The van der Waals surface area contributed by atoms with E-state index in [4.69, 9.17) is 4.74 Å². The number of nitrogens with zero attached hydrogens (tertiary/aromatic N) is 4. The summed E-state index contributed by atoms with van der Waals surface area (Å²) in [7, 11) is 1.76. The molecule has 1 aromatic carbocycles. The molecule has 0 spiro atoms. The zero-order chi connectivity index (χ0) is 21.3. The number of nitrogens with one attached hydrogen (secondary N) is 2. The molecule has 0 aliphatic carbocycles. The predicted molar refractivity (Wildman–Crippen MR) is 132 cm³/mol. The molecule has 0 saturated carbocycles. The lowest BCUT2D eigenvalue weighted by Crippen LogP contribution is -2.46. The third-order valence-electron chi connectivity index (χ3n) is 5.21. The molecule has 31 heavy (non-hydrogen) atoms. The molecule has 7 nitrogen and oxygen atoms in total. The summed E-state index contributed by atoms with van der Waals surface area (Å²) in [6.07, 6.45) is 3.84. The Balaban J connectivity index is 0.00000341. The molecule has 0 radical (unpaired) electrons. The Bertz CT molecular complexity index is 805. The highest BCUT2D eigenvalue weighted by atomic mass is 127. The summed E-state index contributed by atoms with van der Waals surface area (Å²) in [6.45, 7) is 9.70. The van der Waals surface area contributed by atoms with Gasteiger partial charge >= 0.3 is 0 Å². The quantitative estimate of drug-likeness (QED) is 0.304. The maximum Gasteiger partial charge on any atom is 0.191 e. The predicted octanol–water partition coefficient (Wildman–Crippen LogP) is 3.03. The number of ether oxygens (including phenoxy) is 1. The van der Waals surface area contributed by atoms with Crippen LogP contribution in [0.3, 0.4) is 0 Å². The van der Waals surface area contributed by atoms with Crippen LogP contribution in [0.15, 0.2) is 41.7 Å². The highest BCUT2D eigenvalue weighted by Crippen LogP contribution is 2.21. The zero-order valence-corrected chi connectivity index (χ0v) is 20.9. The Morgan fingerprint density at radius 1 is 1.19 bits per heavy atom. The second kappa shape index (κ2) is 13.0. The number of guanidine groups is 1. The van der Waals surface area contributed by atoms with Gasteiger partial charge in [-0.2, -0.15) is 0 Å². The Morgan fingerprint density at radius 3 is 2.55 bits per heavy atom. The van der Waals surface area contributed by atoms with Crippen LogP contribution in [-0.4, -0.2) is 60.3 Å². The molecule has 9 heteroatoms. The first-order valence-corrected chi connectivity index (χ1v) is 10.6. The summed E-state index contributed by atoms with van der Waals surface area (Å²) in [5.74, 6) is 2.03. The van der Waals surface area contributed by atoms with Crippen LogP contribution in [0.2, 0.25) is 0 Å². The van der Waals surface area contributed by atoms with Crippen molar-refractivity contribution in [3.05, 3.63) is 53.9 Å². The van der Waals surface area contributed by atoms with E-state index in [1.165, 1.54) is 12.1 Å². The van der Waals surface area contributed by atoms with Gasteiger partial charge in [0, 0.05) is 45.6 Å². The second-order valence-electron chi connectivity index (χ2n) is 7.91. The summed E-state index contributed by atoms with van der Waals surface area (Å²) < 4.78 is 21.1. The molecule has 1 saturated heterocycles. The minimum Gasteiger partial charge on any atom is -0.379 e. The number of hydrogen-bond donors (Lipinski definition) is 2. The number of aromatic nitrogens is 2. The Kier molecular flexibility index (Phi) is 10.7. The smallest absolute Gasteiger partial charge is 0.191 e. The third-order valence-corrected chi connectivity index (χ3v) is 5.21. The van der Waals surface area contributed by atoms with Crippen molar-refractivity contribution in [2.75, 3.05) is 39.9 Å². The number of hydrogen-bond acceptors (Lipinski definition) is 4. The maximum atomic E-state index is 13.4. The largest absolute Gasteiger partial charge is 0.379 e. The second-order valence-corrected chi connectivity index (χ2v) is 7.91. The van der Waals surface area contributed by atoms with Crippen molar-refractivity contribution >= 4 is 29.9 Å². The van der Waals surface area contributed by atoms with Crippen molar-refractivity contribution in [3.63, 3.8) is 0 Å². The average molecular weight is 544 g/mol. The first-order valence-electron chi connectivity index (χ1n) is 10.6. The van der Waals surface area contributed by atoms with Gasteiger partial charge in [0.15, 0.2) is 5.96 Å². The summed E-state index contributed by atoms with van der Waals surface area (Å²) in [4.78, 5) is 11.2. The normalized spacial score (nSPS) is 16.1. The first kappa shape index (κ1) is 25.5. The number of imidazole rings is 1. The van der Waals surface area contributed by atoms with Crippen molar-refractivity contribution in [1.82, 2.24) is 25.1 Å². The molecule has 2 aromatic rings. The van der Waals surface area contributed by atoms with Gasteiger partial charge < -0.3 is 19.9 Å². The highest BCUT2D eigenvalue weighted by Gasteiger charge is 2.23. The molecule has 0 bridgehead atoms. The van der Waals surface area contributed by atoms with Gasteiger partial charge in [-0.3, -0.25) is 9.89 Å². The topological polar surface area (TPSA) is 66.7 Å². The van der Waals surface area contributed by atoms with Gasteiger partial charge in [-0.05, 0) is 23.6 Å². The fourth-order valence-corrected chi connectivity index (χ4v) is 3.68. The molecule has 0 amide bonds. The molecule has 1 atom stereocenters. The highest BCUT2D eigenvalue weighted by molar-refractivity contribution is 14.0. The molecular formula is C22H34FIN6O. The van der Waals surface area contributed by atoms with Gasteiger partial charge in [-0.1, -0.05) is 26.0 Å². The van der Waals surface area contributed by atoms with E-state index in [-0.39, 0.29) is 35.8 Å². The lowest BCUT2D eigenvalue weighted by atomic mass is 10.0. The van der Waals surface area contributed by atoms with Crippen LogP contribution >= 0.6 is 24.0 Å². The van der Waals surface area contributed by atoms with Crippen molar-refractivity contribution < 1.29 is 9.13 Å². The van der Waals surface area contributed by atoms with E-state index >= 15 is 0 Å². The minimum atomic E-state index is -0.221. The van der Waals surface area contributed by atoms with E-state index in [0.717, 1.165) is 37.0 Å². The van der Waals surface area contributed by atoms with E-state index in [9.17, 15) is 4.39 Å². The summed E-state index contributed by atoms with van der Waals surface area (Å²) >= 11 is 0. The van der Waals surface area contributed by atoms with Crippen LogP contribution in [0, 0.1) is 11.7 Å². The number of aliphatic imine (C=N–C) groups is 1. The van der Waals surface area contributed by atoms with E-state index in [1.54, 1.807) is 7.05 Å². The molecule has 172 valence electrons. The van der Waals surface area contributed by atoms with E-state index in [1.807, 2.05) is 24.5 Å². The Morgan fingerprint density at radius 2 is 1.90 bits per heavy atom. The molecule has 1 unspecified atom stereocenters. The van der Waals surface area contributed by atoms with Gasteiger partial charge in [0.1, 0.15) is 11.6 Å². The first-order chi connectivity index (χ1) is 14.6. The van der Waals surface area contributed by atoms with E-state index < -0.39 is 0 Å². The summed E-state index contributed by atoms with van der Waals surface area (Å²) in [5.41, 5.74) is 1.08. The molecule has 1 aliphatic heterocycles. The van der Waals surface area contributed by atoms with Crippen LogP contribution in [0.1, 0.15) is 31.3 Å². The Hall–Kier alpha value is -1.72. The number of halogens is 2. The van der Waals surface area contributed by atoms with Crippen molar-refractivity contribution in [3.8, 4) is 0 Å². The van der Waals surface area contributed by atoms with E-state index in [0.29, 0.717) is 32.2 Å². The van der Waals surface area contributed by atoms with Gasteiger partial charge in [0.2, 0.25) is 0 Å². The minimum absolute atomic E-state index is 0. The molecule has 1 aromatic heterocycles. The zero-order valence-electron chi connectivity index (χ0n) is 18.6. The fraction of sp³-hybridized carbons (Fsp3) is 0.545. The van der Waals surface area contributed by atoms with Crippen molar-refractivity contribution in [2.24, 2.45) is 10.9 Å². The lowest BCUT2D eigenvalue weighted by Gasteiger charge is -2.35. The monoisotopic (exact) mass is 544 g/mol. The summed E-state index contributed by atoms with van der Waals surface area (Å²) in [5, 5.41) is 6.78. The van der Waals surface area contributed by atoms with Gasteiger partial charge in [-0.15, -0.1) is 24.0 Å². The van der Waals surface area contributed by atoms with Gasteiger partial charge in [-0.25, -0.2) is 9.37 Å². The molecule has 1 aliphatic rings. The van der Waals surface area contributed by atoms with Crippen LogP contribution in [0.5, 0.6) is 0 Å². The molecule has 3 rings (SSSR count). The molecular weight excluding hydrogens is 510 g/mol. The van der Waals surface area contributed by atoms with Crippen molar-refractivity contribution in [2.45, 2.75) is 33.0 Å². The third kappa shape index (κ3) is 7.73. The van der Waals surface area contributed by atoms with Crippen LogP contribution in [0.25, 0.3) is 0 Å². The molecule has 2 heterocycles. The standard InChI is InChI=1S/C22H33FN6O.HI/c1-17(2)16-29-9-8-25-21(29)15-27-22(24-3)26-14-20(28-10-12-30-13-11-28)18-4-6-19(23)7-5-18;/h4-9,17,20H,10-16H2,1-3H3,(H2,24,26,27);1H. The van der Waals surface area contributed by atoms with Crippen LogP contribution < -0.4 is 10.6 Å². The average Bonchev–Trinajstić information content (AvgIpc) is 3.18. The number of benzene rings is 1. The summed E-state index contributed by atoms with van der Waals surface area (Å²) in [6, 6.07) is 6.86. The van der Waals surface area contributed by atoms with Crippen LogP contribution in [-0.2, 0) is 17.8 Å². The number of rotatable bonds is 8. The number of morpholine rings is 1. The lowest BCUT2D eigenvalue weighted by molar-refractivity contribution is 0.0170. The van der Waals surface area contributed by atoms with Gasteiger partial charge in [0.05, 0.1) is 25.8 Å². The van der Waals surface area contributed by atoms with Crippen molar-refractivity contribution in [1.29, 1.82) is 0 Å². The maximum absolute atomic E-state index is 13.4. The van der Waals surface area contributed by atoms with Gasteiger partial charge in [0.25, 0.3) is 0 Å². The van der Waals surface area contributed by atoms with E-state index in [2.05, 4.69) is 43.9 Å². The van der Waals surface area contributed by atoms with Crippen LogP contribution in [0.4, 0.5) is 4.39 Å². The SMILES string of the molecule is CN=C(NCc1nccn1CC(C)C)NCC(c1ccc(F)cc1)N1CCOCC1.I.